The van der Waals surface area contributed by atoms with Gasteiger partial charge in [0.15, 0.2) is 0 Å². The van der Waals surface area contributed by atoms with Gasteiger partial charge in [0.1, 0.15) is 5.69 Å². The minimum Gasteiger partial charge on any atom is -0.351 e. The van der Waals surface area contributed by atoms with E-state index in [2.05, 4.69) is 15.0 Å². The quantitative estimate of drug-likeness (QED) is 0.614. The molecule has 0 unspecified atom stereocenters. The Kier molecular flexibility index (Phi) is 4.99. The molecule has 26 heavy (non-hydrogen) atoms. The van der Waals surface area contributed by atoms with Crippen molar-refractivity contribution in [1.29, 1.82) is 0 Å². The molecular formula is C19H21N3O3S. The number of rotatable bonds is 6. The Morgan fingerprint density at radius 3 is 2.54 bits per heavy atom. The molecule has 0 saturated carbocycles. The van der Waals surface area contributed by atoms with E-state index in [1.54, 1.807) is 31.2 Å². The molecule has 1 heterocycles. The number of para-hydroxylation sites is 1. The molecule has 0 atom stereocenters. The van der Waals surface area contributed by atoms with Gasteiger partial charge in [0.2, 0.25) is 10.0 Å². The van der Waals surface area contributed by atoms with Gasteiger partial charge in [-0.2, -0.15) is 0 Å². The highest BCUT2D eigenvalue weighted by molar-refractivity contribution is 7.92. The third kappa shape index (κ3) is 3.88. The van der Waals surface area contributed by atoms with Crippen molar-refractivity contribution in [3.8, 4) is 0 Å². The molecule has 6 nitrogen and oxygen atoms in total. The molecule has 3 rings (SSSR count). The van der Waals surface area contributed by atoms with Crippen LogP contribution >= 0.6 is 0 Å². The SMILES string of the molecule is CCCS(=O)(=O)Nc1cccc(NC(=O)c2cc3ccccc3[nH]2)c1C. The van der Waals surface area contributed by atoms with Crippen LogP contribution in [0.3, 0.4) is 0 Å². The fourth-order valence-electron chi connectivity index (χ4n) is 2.75. The van der Waals surface area contributed by atoms with Crippen molar-refractivity contribution < 1.29 is 13.2 Å². The Hall–Kier alpha value is -2.80. The number of sulfonamides is 1. The molecule has 0 radical (unpaired) electrons. The summed E-state index contributed by atoms with van der Waals surface area (Å²) in [4.78, 5) is 15.6. The number of carbonyl (C=O) groups is 1. The van der Waals surface area contributed by atoms with Gasteiger partial charge in [-0.15, -0.1) is 0 Å². The molecule has 0 spiro atoms. The standard InChI is InChI=1S/C19H21N3O3S/c1-3-11-26(24,25)22-16-10-6-9-15(13(16)2)21-19(23)18-12-14-7-4-5-8-17(14)20-18/h4-10,12,20,22H,3,11H2,1-2H3,(H,21,23). The summed E-state index contributed by atoms with van der Waals surface area (Å²) in [6, 6.07) is 14.6. The Labute approximate surface area is 152 Å². The van der Waals surface area contributed by atoms with Crippen molar-refractivity contribution in [3.63, 3.8) is 0 Å². The Bertz CT molecular complexity index is 1020. The molecule has 7 heteroatoms. The van der Waals surface area contributed by atoms with Crippen LogP contribution in [0.25, 0.3) is 10.9 Å². The third-order valence-electron chi connectivity index (χ3n) is 4.09. The first-order valence-corrected chi connectivity index (χ1v) is 10.0. The molecular weight excluding hydrogens is 350 g/mol. The minimum atomic E-state index is -3.39. The zero-order valence-corrected chi connectivity index (χ0v) is 15.5. The maximum Gasteiger partial charge on any atom is 0.272 e. The molecule has 136 valence electrons. The summed E-state index contributed by atoms with van der Waals surface area (Å²) in [5.74, 6) is -0.226. The van der Waals surface area contributed by atoms with Gasteiger partial charge in [0.05, 0.1) is 11.4 Å². The Morgan fingerprint density at radius 1 is 1.08 bits per heavy atom. The van der Waals surface area contributed by atoms with Crippen LogP contribution in [0, 0.1) is 6.92 Å². The molecule has 3 N–H and O–H groups in total. The Morgan fingerprint density at radius 2 is 1.81 bits per heavy atom. The van der Waals surface area contributed by atoms with Gasteiger partial charge in [0.25, 0.3) is 5.91 Å². The van der Waals surface area contributed by atoms with E-state index in [9.17, 15) is 13.2 Å². The lowest BCUT2D eigenvalue weighted by Gasteiger charge is -2.14. The maximum atomic E-state index is 12.6. The lowest BCUT2D eigenvalue weighted by atomic mass is 10.1. The van der Waals surface area contributed by atoms with E-state index >= 15 is 0 Å². The smallest absolute Gasteiger partial charge is 0.272 e. The first-order chi connectivity index (χ1) is 12.4. The first-order valence-electron chi connectivity index (χ1n) is 8.39. The van der Waals surface area contributed by atoms with Gasteiger partial charge >= 0.3 is 0 Å². The van der Waals surface area contributed by atoms with Gasteiger partial charge in [-0.05, 0) is 43.2 Å². The van der Waals surface area contributed by atoms with E-state index < -0.39 is 10.0 Å². The molecule has 0 aliphatic carbocycles. The molecule has 0 fully saturated rings. The molecule has 0 aliphatic heterocycles. The lowest BCUT2D eigenvalue weighted by molar-refractivity contribution is 0.102. The van der Waals surface area contributed by atoms with E-state index in [0.29, 0.717) is 29.1 Å². The molecule has 0 aliphatic rings. The number of hydrogen-bond donors (Lipinski definition) is 3. The lowest BCUT2D eigenvalue weighted by Crippen LogP contribution is -2.18. The number of benzene rings is 2. The van der Waals surface area contributed by atoms with Crippen LogP contribution < -0.4 is 10.0 Å². The average molecular weight is 371 g/mol. The van der Waals surface area contributed by atoms with E-state index in [4.69, 9.17) is 0 Å². The zero-order valence-electron chi connectivity index (χ0n) is 14.7. The van der Waals surface area contributed by atoms with Crippen molar-refractivity contribution in [1.82, 2.24) is 4.98 Å². The molecule has 2 aromatic carbocycles. The van der Waals surface area contributed by atoms with E-state index in [1.165, 1.54) is 0 Å². The minimum absolute atomic E-state index is 0.0537. The van der Waals surface area contributed by atoms with E-state index in [0.717, 1.165) is 10.9 Å². The van der Waals surface area contributed by atoms with Gasteiger partial charge in [-0.3, -0.25) is 9.52 Å². The van der Waals surface area contributed by atoms with Crippen LogP contribution in [0.1, 0.15) is 29.4 Å². The monoisotopic (exact) mass is 371 g/mol. The summed E-state index contributed by atoms with van der Waals surface area (Å²) in [5.41, 5.74) is 3.02. The molecule has 0 bridgehead atoms. The van der Waals surface area contributed by atoms with Gasteiger partial charge in [0, 0.05) is 16.6 Å². The van der Waals surface area contributed by atoms with Crippen molar-refractivity contribution >= 4 is 38.2 Å². The second-order valence-corrected chi connectivity index (χ2v) is 7.97. The van der Waals surface area contributed by atoms with Gasteiger partial charge < -0.3 is 10.3 Å². The summed E-state index contributed by atoms with van der Waals surface area (Å²) in [7, 11) is -3.39. The molecule has 1 aromatic heterocycles. The van der Waals surface area contributed by atoms with Crippen molar-refractivity contribution in [2.24, 2.45) is 0 Å². The van der Waals surface area contributed by atoms with Crippen molar-refractivity contribution in [2.75, 3.05) is 15.8 Å². The second kappa shape index (κ2) is 7.21. The van der Waals surface area contributed by atoms with Crippen LogP contribution in [-0.4, -0.2) is 25.1 Å². The van der Waals surface area contributed by atoms with Crippen LogP contribution in [0.5, 0.6) is 0 Å². The molecule has 0 saturated heterocycles. The Balaban J connectivity index is 1.83. The van der Waals surface area contributed by atoms with Crippen molar-refractivity contribution in [3.05, 3.63) is 59.8 Å². The number of H-pyrrole nitrogens is 1. The van der Waals surface area contributed by atoms with Gasteiger partial charge in [-0.25, -0.2) is 8.42 Å². The number of amides is 1. The summed E-state index contributed by atoms with van der Waals surface area (Å²) < 4.78 is 26.6. The number of anilines is 2. The maximum absolute atomic E-state index is 12.6. The number of carbonyl (C=O) groups excluding carboxylic acids is 1. The number of aromatic amines is 1. The van der Waals surface area contributed by atoms with E-state index in [-0.39, 0.29) is 11.7 Å². The molecule has 1 amide bonds. The summed E-state index contributed by atoms with van der Waals surface area (Å²) in [6.07, 6.45) is 0.533. The highest BCUT2D eigenvalue weighted by atomic mass is 32.2. The normalized spacial score (nSPS) is 11.5. The highest BCUT2D eigenvalue weighted by Crippen LogP contribution is 2.25. The van der Waals surface area contributed by atoms with Crippen LogP contribution in [0.4, 0.5) is 11.4 Å². The third-order valence-corrected chi connectivity index (χ3v) is 5.57. The largest absolute Gasteiger partial charge is 0.351 e. The molecule has 3 aromatic rings. The summed E-state index contributed by atoms with van der Waals surface area (Å²) in [5, 5.41) is 3.79. The number of aromatic nitrogens is 1. The first kappa shape index (κ1) is 18.0. The average Bonchev–Trinajstić information content (AvgIpc) is 3.02. The number of nitrogens with one attached hydrogen (secondary N) is 3. The fourth-order valence-corrected chi connectivity index (χ4v) is 3.95. The number of fused-ring (bicyclic) bond motifs is 1. The fraction of sp³-hybridized carbons (Fsp3) is 0.211. The summed E-state index contributed by atoms with van der Waals surface area (Å²) in [6.45, 7) is 3.58. The van der Waals surface area contributed by atoms with Gasteiger partial charge in [-0.1, -0.05) is 31.2 Å². The number of hydrogen-bond acceptors (Lipinski definition) is 3. The van der Waals surface area contributed by atoms with Crippen molar-refractivity contribution in [2.45, 2.75) is 20.3 Å². The van der Waals surface area contributed by atoms with E-state index in [1.807, 2.05) is 31.2 Å². The van der Waals surface area contributed by atoms with Crippen LogP contribution in [-0.2, 0) is 10.0 Å². The predicted molar refractivity (Wildman–Crippen MR) is 105 cm³/mol. The predicted octanol–water partition coefficient (Wildman–Crippen LogP) is 3.88. The highest BCUT2D eigenvalue weighted by Gasteiger charge is 2.15. The van der Waals surface area contributed by atoms with Crippen LogP contribution in [0.2, 0.25) is 0 Å². The second-order valence-electron chi connectivity index (χ2n) is 6.12. The zero-order chi connectivity index (χ0) is 18.7. The summed E-state index contributed by atoms with van der Waals surface area (Å²) >= 11 is 0. The topological polar surface area (TPSA) is 91.1 Å². The van der Waals surface area contributed by atoms with Crippen LogP contribution in [0.15, 0.2) is 48.5 Å².